The first-order valence-electron chi connectivity index (χ1n) is 8.19. The van der Waals surface area contributed by atoms with Gasteiger partial charge in [0.05, 0.1) is 5.69 Å². The van der Waals surface area contributed by atoms with E-state index in [4.69, 9.17) is 18.0 Å². The molecule has 2 aromatic rings. The number of hydrogen-bond donors (Lipinski definition) is 1. The van der Waals surface area contributed by atoms with E-state index in [1.807, 2.05) is 24.3 Å². The number of nitrogen functional groups attached to an aromatic ring is 1. The van der Waals surface area contributed by atoms with E-state index in [1.54, 1.807) is 4.90 Å². The summed E-state index contributed by atoms with van der Waals surface area (Å²) in [5.74, 6) is -0.665. The Balaban J connectivity index is 1.81. The van der Waals surface area contributed by atoms with E-state index >= 15 is 0 Å². The molecule has 26 heavy (non-hydrogen) atoms. The number of nitrogens with zero attached hydrogens (tertiary/aromatic N) is 2. The lowest BCUT2D eigenvalue weighted by Crippen LogP contribution is -2.37. The van der Waals surface area contributed by atoms with Crippen LogP contribution in [0.4, 0.5) is 15.8 Å². The molecule has 5 nitrogen and oxygen atoms in total. The van der Waals surface area contributed by atoms with Crippen molar-refractivity contribution in [3.05, 3.63) is 59.9 Å². The lowest BCUT2D eigenvalue weighted by Gasteiger charge is -2.23. The Labute approximate surface area is 156 Å². The highest BCUT2D eigenvalue weighted by Crippen LogP contribution is 2.27. The molecule has 134 valence electrons. The van der Waals surface area contributed by atoms with Gasteiger partial charge in [-0.15, -0.1) is 0 Å². The predicted octanol–water partition coefficient (Wildman–Crippen LogP) is 2.54. The number of rotatable bonds is 6. The summed E-state index contributed by atoms with van der Waals surface area (Å²) in [7, 11) is 0. The Morgan fingerprint density at radius 1 is 1.12 bits per heavy atom. The van der Waals surface area contributed by atoms with Crippen LogP contribution in [0.25, 0.3) is 0 Å². The van der Waals surface area contributed by atoms with Crippen molar-refractivity contribution in [3.8, 4) is 0 Å². The molecule has 1 aliphatic heterocycles. The van der Waals surface area contributed by atoms with Crippen LogP contribution < -0.4 is 10.6 Å². The standard InChI is InChI=1S/C19H18FN3O2S/c20-14-3-7-16(8-4-14)23-18(25)17(10-12-24)22(19(23)26)11-9-13-1-5-15(21)6-2-13/h1-8,12,17H,9-11,21H2. The number of carbonyl (C=O) groups is 2. The zero-order chi connectivity index (χ0) is 18.7. The van der Waals surface area contributed by atoms with E-state index in [2.05, 4.69) is 0 Å². The fraction of sp³-hybridized carbons (Fsp3) is 0.211. The number of carbonyl (C=O) groups excluding carboxylic acids is 2. The summed E-state index contributed by atoms with van der Waals surface area (Å²) in [5, 5.41) is 0.323. The third-order valence-corrected chi connectivity index (χ3v) is 4.76. The second-order valence-electron chi connectivity index (χ2n) is 6.04. The van der Waals surface area contributed by atoms with E-state index in [0.29, 0.717) is 29.5 Å². The highest BCUT2D eigenvalue weighted by molar-refractivity contribution is 7.80. The first kappa shape index (κ1) is 18.0. The Bertz CT molecular complexity index is 824. The maximum Gasteiger partial charge on any atom is 0.256 e. The zero-order valence-corrected chi connectivity index (χ0v) is 14.8. The first-order chi connectivity index (χ1) is 12.5. The molecule has 1 atom stereocenters. The molecule has 1 amide bonds. The maximum atomic E-state index is 13.2. The molecular formula is C19H18FN3O2S. The third kappa shape index (κ3) is 3.57. The van der Waals surface area contributed by atoms with Crippen LogP contribution in [0.1, 0.15) is 12.0 Å². The molecule has 0 bridgehead atoms. The van der Waals surface area contributed by atoms with Gasteiger partial charge in [-0.2, -0.15) is 0 Å². The molecule has 2 aromatic carbocycles. The van der Waals surface area contributed by atoms with Crippen LogP contribution in [0.15, 0.2) is 48.5 Å². The van der Waals surface area contributed by atoms with Gasteiger partial charge in [0.2, 0.25) is 0 Å². The SMILES string of the molecule is Nc1ccc(CCN2C(=S)N(c3ccc(F)cc3)C(=O)C2CC=O)cc1. The molecule has 1 aliphatic rings. The quantitative estimate of drug-likeness (QED) is 0.480. The molecule has 0 aromatic heterocycles. The maximum absolute atomic E-state index is 13.2. The Morgan fingerprint density at radius 3 is 2.38 bits per heavy atom. The van der Waals surface area contributed by atoms with Crippen LogP contribution in [-0.4, -0.2) is 34.8 Å². The van der Waals surface area contributed by atoms with Gasteiger partial charge in [0.15, 0.2) is 5.11 Å². The van der Waals surface area contributed by atoms with Gasteiger partial charge in [-0.1, -0.05) is 12.1 Å². The van der Waals surface area contributed by atoms with Gasteiger partial charge in [-0.3, -0.25) is 9.69 Å². The van der Waals surface area contributed by atoms with Crippen molar-refractivity contribution in [2.75, 3.05) is 17.2 Å². The molecular weight excluding hydrogens is 353 g/mol. The summed E-state index contributed by atoms with van der Waals surface area (Å²) in [6, 6.07) is 12.4. The van der Waals surface area contributed by atoms with Crippen LogP contribution in [0.3, 0.4) is 0 Å². The van der Waals surface area contributed by atoms with E-state index < -0.39 is 11.9 Å². The molecule has 1 fully saturated rings. The van der Waals surface area contributed by atoms with Crippen molar-refractivity contribution in [2.45, 2.75) is 18.9 Å². The second kappa shape index (κ2) is 7.61. The van der Waals surface area contributed by atoms with Gasteiger partial charge in [-0.25, -0.2) is 4.39 Å². The van der Waals surface area contributed by atoms with E-state index in [0.717, 1.165) is 11.8 Å². The normalized spacial score (nSPS) is 17.0. The fourth-order valence-corrected chi connectivity index (χ4v) is 3.38. The van der Waals surface area contributed by atoms with Crippen molar-refractivity contribution in [1.82, 2.24) is 4.90 Å². The van der Waals surface area contributed by atoms with Crippen molar-refractivity contribution < 1.29 is 14.0 Å². The van der Waals surface area contributed by atoms with Crippen molar-refractivity contribution >= 4 is 40.9 Å². The zero-order valence-electron chi connectivity index (χ0n) is 14.0. The van der Waals surface area contributed by atoms with E-state index in [1.165, 1.54) is 29.2 Å². The molecule has 0 aliphatic carbocycles. The van der Waals surface area contributed by atoms with E-state index in [-0.39, 0.29) is 12.3 Å². The highest BCUT2D eigenvalue weighted by atomic mass is 32.1. The van der Waals surface area contributed by atoms with Crippen LogP contribution in [-0.2, 0) is 16.0 Å². The number of aldehydes is 1. The minimum Gasteiger partial charge on any atom is -0.399 e. The number of anilines is 2. The molecule has 0 radical (unpaired) electrons. The second-order valence-corrected chi connectivity index (χ2v) is 6.40. The molecule has 0 saturated carbocycles. The Morgan fingerprint density at radius 2 is 1.77 bits per heavy atom. The van der Waals surface area contributed by atoms with Gasteiger partial charge in [0.25, 0.3) is 5.91 Å². The molecule has 1 heterocycles. The smallest absolute Gasteiger partial charge is 0.256 e. The topological polar surface area (TPSA) is 66.6 Å². The fourth-order valence-electron chi connectivity index (χ4n) is 2.97. The largest absolute Gasteiger partial charge is 0.399 e. The number of benzene rings is 2. The molecule has 0 spiro atoms. The lowest BCUT2D eigenvalue weighted by atomic mass is 10.1. The van der Waals surface area contributed by atoms with E-state index in [9.17, 15) is 14.0 Å². The van der Waals surface area contributed by atoms with Gasteiger partial charge < -0.3 is 15.4 Å². The first-order valence-corrected chi connectivity index (χ1v) is 8.60. The summed E-state index contributed by atoms with van der Waals surface area (Å²) < 4.78 is 13.2. The number of amides is 1. The molecule has 1 saturated heterocycles. The van der Waals surface area contributed by atoms with Gasteiger partial charge in [0, 0.05) is 18.7 Å². The van der Waals surface area contributed by atoms with Crippen molar-refractivity contribution in [3.63, 3.8) is 0 Å². The summed E-state index contributed by atoms with van der Waals surface area (Å²) >= 11 is 5.48. The molecule has 2 N–H and O–H groups in total. The van der Waals surface area contributed by atoms with Gasteiger partial charge in [0.1, 0.15) is 18.1 Å². The minimum absolute atomic E-state index is 0.0540. The van der Waals surface area contributed by atoms with Crippen LogP contribution in [0.5, 0.6) is 0 Å². The number of thiocarbonyl (C=S) groups is 1. The summed E-state index contributed by atoms with van der Waals surface area (Å²) in [5.41, 5.74) is 7.92. The van der Waals surface area contributed by atoms with Gasteiger partial charge in [-0.05, 0) is 60.6 Å². The van der Waals surface area contributed by atoms with Crippen LogP contribution >= 0.6 is 12.2 Å². The minimum atomic E-state index is -0.640. The lowest BCUT2D eigenvalue weighted by molar-refractivity contribution is -0.122. The van der Waals surface area contributed by atoms with Crippen molar-refractivity contribution in [1.29, 1.82) is 0 Å². The van der Waals surface area contributed by atoms with Crippen LogP contribution in [0, 0.1) is 5.82 Å². The highest BCUT2D eigenvalue weighted by Gasteiger charge is 2.42. The predicted molar refractivity (Wildman–Crippen MR) is 102 cm³/mol. The van der Waals surface area contributed by atoms with Crippen LogP contribution in [0.2, 0.25) is 0 Å². The number of nitrogens with two attached hydrogens (primary N) is 1. The summed E-state index contributed by atoms with van der Waals surface area (Å²) in [6.07, 6.45) is 1.42. The van der Waals surface area contributed by atoms with Gasteiger partial charge >= 0.3 is 0 Å². The number of hydrogen-bond acceptors (Lipinski definition) is 4. The Kier molecular flexibility index (Phi) is 5.27. The summed E-state index contributed by atoms with van der Waals surface area (Å²) in [4.78, 5) is 27.0. The summed E-state index contributed by atoms with van der Waals surface area (Å²) in [6.45, 7) is 0.491. The van der Waals surface area contributed by atoms with Crippen molar-refractivity contribution in [2.24, 2.45) is 0 Å². The Hall–Kier alpha value is -2.80. The average Bonchev–Trinajstić information content (AvgIpc) is 2.86. The third-order valence-electron chi connectivity index (χ3n) is 4.34. The molecule has 7 heteroatoms. The average molecular weight is 371 g/mol. The molecule has 1 unspecified atom stereocenters. The monoisotopic (exact) mass is 371 g/mol. The molecule has 3 rings (SSSR count). The number of halogens is 1.